The number of amides is 1. The molecule has 142 valence electrons. The number of likely N-dealkylation sites (N-methyl/N-ethyl adjacent to an activating group) is 1. The van der Waals surface area contributed by atoms with E-state index in [1.54, 1.807) is 7.05 Å². The lowest BCUT2D eigenvalue weighted by Gasteiger charge is -2.26. The maximum Gasteiger partial charge on any atom is 0.264 e. The third kappa shape index (κ3) is 4.01. The van der Waals surface area contributed by atoms with Crippen molar-refractivity contribution in [3.05, 3.63) is 57.7 Å². The second-order valence-electron chi connectivity index (χ2n) is 6.49. The van der Waals surface area contributed by atoms with Crippen LogP contribution >= 0.6 is 11.6 Å². The van der Waals surface area contributed by atoms with Gasteiger partial charge in [-0.1, -0.05) is 29.8 Å². The molecule has 9 heteroatoms. The zero-order valence-corrected chi connectivity index (χ0v) is 16.1. The number of aryl methyl sites for hydroxylation is 1. The number of rotatable bonds is 6. The summed E-state index contributed by atoms with van der Waals surface area (Å²) in [6.45, 7) is 0.256. The second kappa shape index (κ2) is 7.89. The molecule has 0 aliphatic carbocycles. The standard InChI is InChI=1S/C18H21ClN6O2/c1-23(2)15(12-6-4-5-7-14(12)19)9-20-16(26)10-25-11-21-17-13(18(25)27)8-22-24(17)3/h4-8,11,15H,9-10H2,1-3H3,(H,20,26). The van der Waals surface area contributed by atoms with E-state index in [0.717, 1.165) is 5.56 Å². The van der Waals surface area contributed by atoms with Crippen LogP contribution in [0.5, 0.6) is 0 Å². The maximum atomic E-state index is 12.5. The molecular formula is C18H21ClN6O2. The van der Waals surface area contributed by atoms with Gasteiger partial charge in [0.2, 0.25) is 5.91 Å². The Morgan fingerprint density at radius 1 is 1.33 bits per heavy atom. The predicted molar refractivity (Wildman–Crippen MR) is 104 cm³/mol. The first-order valence-electron chi connectivity index (χ1n) is 8.43. The zero-order chi connectivity index (χ0) is 19.6. The highest BCUT2D eigenvalue weighted by atomic mass is 35.5. The van der Waals surface area contributed by atoms with Gasteiger partial charge in [-0.05, 0) is 25.7 Å². The Morgan fingerprint density at radius 3 is 2.78 bits per heavy atom. The summed E-state index contributed by atoms with van der Waals surface area (Å²) in [5.41, 5.74) is 1.13. The summed E-state index contributed by atoms with van der Waals surface area (Å²) in [7, 11) is 5.55. The molecule has 0 bridgehead atoms. The van der Waals surface area contributed by atoms with Crippen LogP contribution in [0.4, 0.5) is 0 Å². The minimum Gasteiger partial charge on any atom is -0.353 e. The topological polar surface area (TPSA) is 85.1 Å². The van der Waals surface area contributed by atoms with E-state index in [2.05, 4.69) is 15.4 Å². The van der Waals surface area contributed by atoms with Gasteiger partial charge in [-0.25, -0.2) is 4.98 Å². The van der Waals surface area contributed by atoms with E-state index < -0.39 is 0 Å². The Labute approximate surface area is 161 Å². The van der Waals surface area contributed by atoms with Crippen molar-refractivity contribution >= 4 is 28.5 Å². The largest absolute Gasteiger partial charge is 0.353 e. The van der Waals surface area contributed by atoms with Crippen molar-refractivity contribution in [1.82, 2.24) is 29.5 Å². The van der Waals surface area contributed by atoms with Gasteiger partial charge < -0.3 is 10.2 Å². The summed E-state index contributed by atoms with van der Waals surface area (Å²) in [5.74, 6) is -0.277. The Hall–Kier alpha value is -2.71. The number of carbonyl (C=O) groups excluding carboxylic acids is 1. The first-order valence-corrected chi connectivity index (χ1v) is 8.81. The van der Waals surface area contributed by atoms with Crippen LogP contribution in [0.25, 0.3) is 11.0 Å². The van der Waals surface area contributed by atoms with Crippen LogP contribution < -0.4 is 10.9 Å². The number of hydrogen-bond acceptors (Lipinski definition) is 5. The minimum atomic E-state index is -0.293. The molecule has 8 nitrogen and oxygen atoms in total. The summed E-state index contributed by atoms with van der Waals surface area (Å²) in [4.78, 5) is 31.0. The molecule has 3 rings (SSSR count). The van der Waals surface area contributed by atoms with Crippen molar-refractivity contribution in [3.8, 4) is 0 Å². The van der Waals surface area contributed by atoms with Gasteiger partial charge in [0.1, 0.15) is 18.3 Å². The molecule has 3 aromatic rings. The molecule has 1 unspecified atom stereocenters. The normalized spacial score (nSPS) is 12.5. The molecule has 27 heavy (non-hydrogen) atoms. The highest BCUT2D eigenvalue weighted by Gasteiger charge is 2.18. The van der Waals surface area contributed by atoms with E-state index in [9.17, 15) is 9.59 Å². The van der Waals surface area contributed by atoms with Crippen molar-refractivity contribution in [2.24, 2.45) is 7.05 Å². The highest BCUT2D eigenvalue weighted by molar-refractivity contribution is 6.31. The number of carbonyl (C=O) groups is 1. The Kier molecular flexibility index (Phi) is 5.57. The van der Waals surface area contributed by atoms with E-state index in [1.807, 2.05) is 43.3 Å². The third-order valence-corrected chi connectivity index (χ3v) is 4.76. The first kappa shape index (κ1) is 19.1. The summed E-state index contributed by atoms with van der Waals surface area (Å²) in [6.07, 6.45) is 2.82. The minimum absolute atomic E-state index is 0.0849. The van der Waals surface area contributed by atoms with Gasteiger partial charge in [0.15, 0.2) is 5.65 Å². The summed E-state index contributed by atoms with van der Waals surface area (Å²) in [6, 6.07) is 7.45. The van der Waals surface area contributed by atoms with Crippen LogP contribution in [0.3, 0.4) is 0 Å². The van der Waals surface area contributed by atoms with Gasteiger partial charge in [0, 0.05) is 18.6 Å². The molecule has 1 N–H and O–H groups in total. The maximum absolute atomic E-state index is 12.5. The summed E-state index contributed by atoms with van der Waals surface area (Å²) < 4.78 is 2.80. The molecule has 0 aliphatic rings. The van der Waals surface area contributed by atoms with E-state index >= 15 is 0 Å². The predicted octanol–water partition coefficient (Wildman–Crippen LogP) is 1.20. The van der Waals surface area contributed by atoms with E-state index in [-0.39, 0.29) is 24.1 Å². The smallest absolute Gasteiger partial charge is 0.264 e. The molecular weight excluding hydrogens is 368 g/mol. The molecule has 0 saturated carbocycles. The van der Waals surface area contributed by atoms with Crippen LogP contribution in [-0.4, -0.2) is 50.8 Å². The van der Waals surface area contributed by atoms with Crippen molar-refractivity contribution in [2.45, 2.75) is 12.6 Å². The number of nitrogens with zero attached hydrogens (tertiary/aromatic N) is 5. The van der Waals surface area contributed by atoms with Gasteiger partial charge in [-0.2, -0.15) is 5.10 Å². The SMILES string of the molecule is CN(C)C(CNC(=O)Cn1cnc2c(cnn2C)c1=O)c1ccccc1Cl. The molecule has 0 fully saturated rings. The average molecular weight is 389 g/mol. The molecule has 0 aliphatic heterocycles. The van der Waals surface area contributed by atoms with Crippen LogP contribution in [0.2, 0.25) is 5.02 Å². The van der Waals surface area contributed by atoms with Crippen molar-refractivity contribution in [3.63, 3.8) is 0 Å². The molecule has 1 amide bonds. The van der Waals surface area contributed by atoms with Crippen LogP contribution in [0.15, 0.2) is 41.6 Å². The van der Waals surface area contributed by atoms with Crippen molar-refractivity contribution in [2.75, 3.05) is 20.6 Å². The quantitative estimate of drug-likeness (QED) is 0.686. The lowest BCUT2D eigenvalue weighted by atomic mass is 10.1. The van der Waals surface area contributed by atoms with E-state index in [4.69, 9.17) is 11.6 Å². The van der Waals surface area contributed by atoms with Gasteiger partial charge in [-0.3, -0.25) is 18.8 Å². The molecule has 0 radical (unpaired) electrons. The summed E-state index contributed by atoms with van der Waals surface area (Å²) >= 11 is 6.29. The van der Waals surface area contributed by atoms with Crippen molar-refractivity contribution in [1.29, 1.82) is 0 Å². The average Bonchev–Trinajstić information content (AvgIpc) is 3.00. The van der Waals surface area contributed by atoms with Crippen molar-refractivity contribution < 1.29 is 4.79 Å². The molecule has 2 heterocycles. The van der Waals surface area contributed by atoms with Gasteiger partial charge in [0.05, 0.1) is 12.2 Å². The lowest BCUT2D eigenvalue weighted by molar-refractivity contribution is -0.121. The third-order valence-electron chi connectivity index (χ3n) is 4.41. The zero-order valence-electron chi connectivity index (χ0n) is 15.4. The molecule has 0 spiro atoms. The van der Waals surface area contributed by atoms with Gasteiger partial charge >= 0.3 is 0 Å². The fourth-order valence-electron chi connectivity index (χ4n) is 2.92. The molecule has 1 atom stereocenters. The second-order valence-corrected chi connectivity index (χ2v) is 6.90. The molecule has 0 saturated heterocycles. The number of fused-ring (bicyclic) bond motifs is 1. The molecule has 1 aromatic carbocycles. The fraction of sp³-hybridized carbons (Fsp3) is 0.333. The van der Waals surface area contributed by atoms with E-state index in [0.29, 0.717) is 22.6 Å². The van der Waals surface area contributed by atoms with Gasteiger partial charge in [-0.15, -0.1) is 0 Å². The number of halogens is 1. The Bertz CT molecular complexity index is 1030. The van der Waals surface area contributed by atoms with E-state index in [1.165, 1.54) is 21.8 Å². The Morgan fingerprint density at radius 2 is 2.07 bits per heavy atom. The number of benzene rings is 1. The van der Waals surface area contributed by atoms with Gasteiger partial charge in [0.25, 0.3) is 5.56 Å². The fourth-order valence-corrected chi connectivity index (χ4v) is 3.18. The van der Waals surface area contributed by atoms with Crippen LogP contribution in [-0.2, 0) is 18.4 Å². The number of aromatic nitrogens is 4. The monoisotopic (exact) mass is 388 g/mol. The number of nitrogens with one attached hydrogen (secondary N) is 1. The molecule has 2 aromatic heterocycles. The lowest BCUT2D eigenvalue weighted by Crippen LogP contribution is -2.38. The highest BCUT2D eigenvalue weighted by Crippen LogP contribution is 2.25. The van der Waals surface area contributed by atoms with Crippen LogP contribution in [0, 0.1) is 0 Å². The Balaban J connectivity index is 1.71. The van der Waals surface area contributed by atoms with Crippen LogP contribution in [0.1, 0.15) is 11.6 Å². The number of hydrogen-bond donors (Lipinski definition) is 1. The first-order chi connectivity index (χ1) is 12.9. The summed E-state index contributed by atoms with van der Waals surface area (Å²) in [5, 5.41) is 7.92.